The molecule has 0 saturated heterocycles. The fourth-order valence-electron chi connectivity index (χ4n) is 2.65. The topological polar surface area (TPSA) is 46.2 Å². The minimum Gasteiger partial charge on any atom is -0.310 e. The average Bonchev–Trinajstić information content (AvgIpc) is 2.94. The Morgan fingerprint density at radius 3 is 2.95 bits per heavy atom. The first-order chi connectivity index (χ1) is 10.1. The molecule has 21 heavy (non-hydrogen) atoms. The van der Waals surface area contributed by atoms with Gasteiger partial charge in [0.15, 0.2) is 9.84 Å². The van der Waals surface area contributed by atoms with Gasteiger partial charge in [0.05, 0.1) is 10.6 Å². The predicted octanol–water partition coefficient (Wildman–Crippen LogP) is 3.45. The number of sulfone groups is 1. The van der Waals surface area contributed by atoms with Crippen LogP contribution >= 0.6 is 22.9 Å². The molecule has 2 aromatic rings. The van der Waals surface area contributed by atoms with Gasteiger partial charge in [0.25, 0.3) is 0 Å². The van der Waals surface area contributed by atoms with E-state index in [2.05, 4.69) is 22.1 Å². The molecule has 1 aliphatic rings. The van der Waals surface area contributed by atoms with Gasteiger partial charge in [-0.15, -0.1) is 0 Å². The molecule has 0 bridgehead atoms. The number of hydrogen-bond acceptors (Lipinski definition) is 4. The van der Waals surface area contributed by atoms with Crippen LogP contribution in [0.15, 0.2) is 39.9 Å². The summed E-state index contributed by atoms with van der Waals surface area (Å²) in [6.07, 6.45) is 1.54. The van der Waals surface area contributed by atoms with E-state index in [1.165, 1.54) is 5.56 Å². The highest BCUT2D eigenvalue weighted by molar-refractivity contribution is 7.91. The second-order valence-electron chi connectivity index (χ2n) is 5.18. The van der Waals surface area contributed by atoms with Gasteiger partial charge >= 0.3 is 0 Å². The second-order valence-corrected chi connectivity index (χ2v) is 8.47. The number of hydrogen-bond donors (Lipinski definition) is 1. The molecule has 0 spiro atoms. The molecule has 1 unspecified atom stereocenters. The summed E-state index contributed by atoms with van der Waals surface area (Å²) in [7, 11) is -3.16. The minimum absolute atomic E-state index is 0.0564. The van der Waals surface area contributed by atoms with Gasteiger partial charge < -0.3 is 5.32 Å². The van der Waals surface area contributed by atoms with E-state index >= 15 is 0 Å². The smallest absolute Gasteiger partial charge is 0.178 e. The Bertz CT molecular complexity index is 726. The first kappa shape index (κ1) is 15.0. The molecule has 2 heterocycles. The number of benzene rings is 1. The Hall–Kier alpha value is -0.880. The summed E-state index contributed by atoms with van der Waals surface area (Å²) in [5, 5.41) is 8.25. The molecule has 0 radical (unpaired) electrons. The summed E-state index contributed by atoms with van der Waals surface area (Å²) in [5.74, 6) is 0.192. The number of thiophene rings is 1. The fourth-order valence-corrected chi connectivity index (χ4v) is 5.14. The summed E-state index contributed by atoms with van der Waals surface area (Å²) in [5.41, 5.74) is 2.11. The standard InChI is InChI=1S/C15H16ClNO2S2/c16-12-1-2-15-13(9-12)14(5-8-21(15,18)19)17-6-3-11-4-7-20-10-11/h1-2,4,7,9-10,14,17H,3,5-6,8H2. The first-order valence-corrected chi connectivity index (χ1v) is 9.80. The number of fused-ring (bicyclic) bond motifs is 1. The maximum atomic E-state index is 12.1. The lowest BCUT2D eigenvalue weighted by molar-refractivity contribution is 0.495. The lowest BCUT2D eigenvalue weighted by Crippen LogP contribution is -2.31. The molecule has 112 valence electrons. The molecule has 0 saturated carbocycles. The van der Waals surface area contributed by atoms with Crippen LogP contribution in [-0.2, 0) is 16.3 Å². The Morgan fingerprint density at radius 2 is 2.19 bits per heavy atom. The molecule has 1 aromatic heterocycles. The van der Waals surface area contributed by atoms with Crippen molar-refractivity contribution in [2.45, 2.75) is 23.8 Å². The van der Waals surface area contributed by atoms with Crippen molar-refractivity contribution in [3.05, 3.63) is 51.2 Å². The van der Waals surface area contributed by atoms with Crippen molar-refractivity contribution in [1.29, 1.82) is 0 Å². The Labute approximate surface area is 133 Å². The second kappa shape index (κ2) is 6.08. The zero-order valence-electron chi connectivity index (χ0n) is 11.4. The van der Waals surface area contributed by atoms with Gasteiger partial charge in [-0.05, 0) is 65.5 Å². The van der Waals surface area contributed by atoms with Gasteiger partial charge in [-0.3, -0.25) is 0 Å². The zero-order valence-corrected chi connectivity index (χ0v) is 13.8. The molecule has 0 aliphatic carbocycles. The first-order valence-electron chi connectivity index (χ1n) is 6.83. The van der Waals surface area contributed by atoms with E-state index in [4.69, 9.17) is 11.6 Å². The van der Waals surface area contributed by atoms with Crippen molar-refractivity contribution in [1.82, 2.24) is 5.32 Å². The van der Waals surface area contributed by atoms with Crippen LogP contribution in [0.4, 0.5) is 0 Å². The molecule has 3 rings (SSSR count). The van der Waals surface area contributed by atoms with E-state index in [1.807, 2.05) is 0 Å². The highest BCUT2D eigenvalue weighted by Crippen LogP contribution is 2.33. The summed E-state index contributed by atoms with van der Waals surface area (Å²) in [6.45, 7) is 0.827. The van der Waals surface area contributed by atoms with Crippen molar-refractivity contribution in [2.24, 2.45) is 0 Å². The summed E-state index contributed by atoms with van der Waals surface area (Å²) < 4.78 is 24.2. The van der Waals surface area contributed by atoms with Crippen LogP contribution in [0.2, 0.25) is 5.02 Å². The van der Waals surface area contributed by atoms with Crippen LogP contribution in [0.5, 0.6) is 0 Å². The highest BCUT2D eigenvalue weighted by Gasteiger charge is 2.29. The van der Waals surface area contributed by atoms with Crippen LogP contribution in [0.3, 0.4) is 0 Å². The molecular weight excluding hydrogens is 326 g/mol. The normalized spacial score (nSPS) is 20.1. The van der Waals surface area contributed by atoms with Gasteiger partial charge in [0.1, 0.15) is 0 Å². The van der Waals surface area contributed by atoms with Crippen molar-refractivity contribution in [3.8, 4) is 0 Å². The molecule has 3 nitrogen and oxygen atoms in total. The zero-order chi connectivity index (χ0) is 14.9. The molecule has 1 aromatic carbocycles. The van der Waals surface area contributed by atoms with E-state index < -0.39 is 9.84 Å². The van der Waals surface area contributed by atoms with E-state index in [9.17, 15) is 8.42 Å². The molecular formula is C15H16ClNO2S2. The molecule has 0 amide bonds. The Morgan fingerprint density at radius 1 is 1.33 bits per heavy atom. The Kier molecular flexibility index (Phi) is 4.36. The molecule has 0 fully saturated rings. The third-order valence-corrected chi connectivity index (χ3v) is 6.52. The SMILES string of the molecule is O=S1(=O)CCC(NCCc2ccsc2)c2cc(Cl)ccc21. The van der Waals surface area contributed by atoms with Crippen LogP contribution in [0, 0.1) is 0 Å². The van der Waals surface area contributed by atoms with Gasteiger partial charge in [0, 0.05) is 11.1 Å². The minimum atomic E-state index is -3.16. The molecule has 1 N–H and O–H groups in total. The maximum absolute atomic E-state index is 12.1. The van der Waals surface area contributed by atoms with Gasteiger partial charge in [-0.1, -0.05) is 11.6 Å². The summed E-state index contributed by atoms with van der Waals surface area (Å²) >= 11 is 7.72. The van der Waals surface area contributed by atoms with Crippen LogP contribution in [0.1, 0.15) is 23.6 Å². The number of halogens is 1. The van der Waals surface area contributed by atoms with Crippen LogP contribution < -0.4 is 5.32 Å². The third-order valence-electron chi connectivity index (χ3n) is 3.74. The van der Waals surface area contributed by atoms with Crippen LogP contribution in [-0.4, -0.2) is 20.7 Å². The summed E-state index contributed by atoms with van der Waals surface area (Å²) in [4.78, 5) is 0.422. The van der Waals surface area contributed by atoms with E-state index in [0.29, 0.717) is 16.3 Å². The quantitative estimate of drug-likeness (QED) is 0.926. The largest absolute Gasteiger partial charge is 0.310 e. The Balaban J connectivity index is 1.76. The summed E-state index contributed by atoms with van der Waals surface area (Å²) in [6, 6.07) is 7.21. The predicted molar refractivity (Wildman–Crippen MR) is 86.9 cm³/mol. The van der Waals surface area contributed by atoms with E-state index in [0.717, 1.165) is 18.5 Å². The lowest BCUT2D eigenvalue weighted by Gasteiger charge is -2.26. The lowest BCUT2D eigenvalue weighted by atomic mass is 10.0. The molecule has 1 atom stereocenters. The number of nitrogens with one attached hydrogen (secondary N) is 1. The van der Waals surface area contributed by atoms with Gasteiger partial charge in [-0.2, -0.15) is 11.3 Å². The monoisotopic (exact) mass is 341 g/mol. The third kappa shape index (κ3) is 3.31. The van der Waals surface area contributed by atoms with Gasteiger partial charge in [0.2, 0.25) is 0 Å². The van der Waals surface area contributed by atoms with Crippen molar-refractivity contribution >= 4 is 32.8 Å². The fraction of sp³-hybridized carbons (Fsp3) is 0.333. The highest BCUT2D eigenvalue weighted by atomic mass is 35.5. The van der Waals surface area contributed by atoms with Crippen molar-refractivity contribution in [3.63, 3.8) is 0 Å². The average molecular weight is 342 g/mol. The van der Waals surface area contributed by atoms with Crippen molar-refractivity contribution < 1.29 is 8.42 Å². The van der Waals surface area contributed by atoms with Crippen LogP contribution in [0.25, 0.3) is 0 Å². The maximum Gasteiger partial charge on any atom is 0.178 e. The van der Waals surface area contributed by atoms with Gasteiger partial charge in [-0.25, -0.2) is 8.42 Å². The molecule has 1 aliphatic heterocycles. The van der Waals surface area contributed by atoms with E-state index in [1.54, 1.807) is 29.5 Å². The molecule has 6 heteroatoms. The van der Waals surface area contributed by atoms with Crippen molar-refractivity contribution in [2.75, 3.05) is 12.3 Å². The van der Waals surface area contributed by atoms with E-state index in [-0.39, 0.29) is 11.8 Å². The number of rotatable bonds is 4.